The number of rotatable bonds is 2. The predicted molar refractivity (Wildman–Crippen MR) is 82.3 cm³/mol. The lowest BCUT2D eigenvalue weighted by Gasteiger charge is -2.04. The SMILES string of the molecule is COc1ccc(/C=C2\C(=O)Nc3cc(C)ccc32)cc1O. The van der Waals surface area contributed by atoms with Gasteiger partial charge in [-0.3, -0.25) is 4.79 Å². The van der Waals surface area contributed by atoms with Gasteiger partial charge < -0.3 is 15.2 Å². The molecule has 106 valence electrons. The summed E-state index contributed by atoms with van der Waals surface area (Å²) in [5.41, 5.74) is 4.13. The zero-order valence-electron chi connectivity index (χ0n) is 11.8. The van der Waals surface area contributed by atoms with Gasteiger partial charge in [-0.15, -0.1) is 0 Å². The number of ether oxygens (including phenoxy) is 1. The van der Waals surface area contributed by atoms with Crippen LogP contribution in [0.3, 0.4) is 0 Å². The lowest BCUT2D eigenvalue weighted by atomic mass is 10.0. The molecule has 0 unspecified atom stereocenters. The summed E-state index contributed by atoms with van der Waals surface area (Å²) in [6.07, 6.45) is 1.76. The zero-order chi connectivity index (χ0) is 15.0. The van der Waals surface area contributed by atoms with Gasteiger partial charge in [0.2, 0.25) is 0 Å². The topological polar surface area (TPSA) is 58.6 Å². The molecule has 0 saturated heterocycles. The summed E-state index contributed by atoms with van der Waals surface area (Å²) in [5, 5.41) is 12.7. The number of carbonyl (C=O) groups excluding carboxylic acids is 1. The summed E-state index contributed by atoms with van der Waals surface area (Å²) >= 11 is 0. The van der Waals surface area contributed by atoms with Crippen molar-refractivity contribution in [1.29, 1.82) is 0 Å². The highest BCUT2D eigenvalue weighted by Gasteiger charge is 2.23. The molecule has 2 aromatic carbocycles. The first-order valence-electron chi connectivity index (χ1n) is 6.59. The molecule has 1 aliphatic heterocycles. The summed E-state index contributed by atoms with van der Waals surface area (Å²) in [6, 6.07) is 10.9. The number of phenols is 1. The molecule has 4 heteroatoms. The number of amides is 1. The van der Waals surface area contributed by atoms with Gasteiger partial charge in [0.25, 0.3) is 5.91 Å². The minimum atomic E-state index is -0.133. The summed E-state index contributed by atoms with van der Waals surface area (Å²) in [5.74, 6) is 0.323. The summed E-state index contributed by atoms with van der Waals surface area (Å²) in [4.78, 5) is 12.1. The van der Waals surface area contributed by atoms with Gasteiger partial charge in [-0.25, -0.2) is 0 Å². The number of carbonyl (C=O) groups is 1. The Labute approximate surface area is 122 Å². The van der Waals surface area contributed by atoms with E-state index in [0.717, 1.165) is 22.4 Å². The van der Waals surface area contributed by atoms with Gasteiger partial charge in [0.1, 0.15) is 0 Å². The van der Waals surface area contributed by atoms with Crippen LogP contribution < -0.4 is 10.1 Å². The fourth-order valence-corrected chi connectivity index (χ4v) is 2.42. The van der Waals surface area contributed by atoms with Crippen LogP contribution in [0.4, 0.5) is 5.69 Å². The van der Waals surface area contributed by atoms with E-state index in [2.05, 4.69) is 5.32 Å². The van der Waals surface area contributed by atoms with E-state index in [1.165, 1.54) is 7.11 Å². The van der Waals surface area contributed by atoms with Crippen LogP contribution in [0, 0.1) is 6.92 Å². The van der Waals surface area contributed by atoms with Gasteiger partial charge in [-0.2, -0.15) is 0 Å². The molecule has 0 spiro atoms. The van der Waals surface area contributed by atoms with Crippen molar-refractivity contribution in [3.63, 3.8) is 0 Å². The number of aromatic hydroxyl groups is 1. The third-order valence-electron chi connectivity index (χ3n) is 3.47. The van der Waals surface area contributed by atoms with E-state index in [-0.39, 0.29) is 11.7 Å². The first-order chi connectivity index (χ1) is 10.1. The summed E-state index contributed by atoms with van der Waals surface area (Å²) < 4.78 is 5.01. The highest BCUT2D eigenvalue weighted by Crippen LogP contribution is 2.35. The molecule has 4 nitrogen and oxygen atoms in total. The largest absolute Gasteiger partial charge is 0.504 e. The van der Waals surface area contributed by atoms with Crippen LogP contribution in [0.1, 0.15) is 16.7 Å². The van der Waals surface area contributed by atoms with Crippen LogP contribution in [0.2, 0.25) is 0 Å². The molecule has 1 amide bonds. The van der Waals surface area contributed by atoms with Gasteiger partial charge >= 0.3 is 0 Å². The first kappa shape index (κ1) is 13.2. The molecule has 0 atom stereocenters. The number of methoxy groups -OCH3 is 1. The third-order valence-corrected chi connectivity index (χ3v) is 3.47. The predicted octanol–water partition coefficient (Wildman–Crippen LogP) is 3.20. The van der Waals surface area contributed by atoms with E-state index in [1.54, 1.807) is 24.3 Å². The number of nitrogens with one attached hydrogen (secondary N) is 1. The van der Waals surface area contributed by atoms with E-state index < -0.39 is 0 Å². The van der Waals surface area contributed by atoms with Crippen LogP contribution in [-0.2, 0) is 4.79 Å². The maximum atomic E-state index is 12.1. The highest BCUT2D eigenvalue weighted by molar-refractivity contribution is 6.34. The zero-order valence-corrected chi connectivity index (χ0v) is 11.8. The second-order valence-electron chi connectivity index (χ2n) is 4.99. The van der Waals surface area contributed by atoms with Crippen molar-refractivity contribution in [2.75, 3.05) is 12.4 Å². The van der Waals surface area contributed by atoms with Crippen LogP contribution >= 0.6 is 0 Å². The molecular formula is C17H15NO3. The molecule has 2 N–H and O–H groups in total. The second kappa shape index (κ2) is 4.98. The van der Waals surface area contributed by atoms with E-state index in [9.17, 15) is 9.90 Å². The Morgan fingerprint density at radius 2 is 2.00 bits per heavy atom. The molecule has 0 fully saturated rings. The lowest BCUT2D eigenvalue weighted by Crippen LogP contribution is -2.03. The molecule has 3 rings (SSSR count). The monoisotopic (exact) mass is 281 g/mol. The molecule has 0 aromatic heterocycles. The molecule has 0 saturated carbocycles. The van der Waals surface area contributed by atoms with E-state index >= 15 is 0 Å². The van der Waals surface area contributed by atoms with Crippen molar-refractivity contribution < 1.29 is 14.6 Å². The van der Waals surface area contributed by atoms with Crippen LogP contribution in [0.15, 0.2) is 36.4 Å². The van der Waals surface area contributed by atoms with Crippen LogP contribution in [0.5, 0.6) is 11.5 Å². The van der Waals surface area contributed by atoms with E-state index in [1.807, 2.05) is 25.1 Å². The summed E-state index contributed by atoms with van der Waals surface area (Å²) in [7, 11) is 1.50. The molecule has 0 aliphatic carbocycles. The Morgan fingerprint density at radius 1 is 1.19 bits per heavy atom. The van der Waals surface area contributed by atoms with Gasteiger partial charge in [0.05, 0.1) is 7.11 Å². The second-order valence-corrected chi connectivity index (χ2v) is 4.99. The minimum absolute atomic E-state index is 0.0504. The molecule has 0 radical (unpaired) electrons. The molecular weight excluding hydrogens is 266 g/mol. The fraction of sp³-hybridized carbons (Fsp3) is 0.118. The van der Waals surface area contributed by atoms with Crippen molar-refractivity contribution in [2.24, 2.45) is 0 Å². The number of fused-ring (bicyclic) bond motifs is 1. The number of anilines is 1. The third kappa shape index (κ3) is 2.36. The molecule has 2 aromatic rings. The Bertz CT molecular complexity index is 763. The van der Waals surface area contributed by atoms with Crippen LogP contribution in [0.25, 0.3) is 11.6 Å². The van der Waals surface area contributed by atoms with Crippen molar-refractivity contribution >= 4 is 23.2 Å². The molecule has 21 heavy (non-hydrogen) atoms. The van der Waals surface area contributed by atoms with Gasteiger partial charge in [0.15, 0.2) is 11.5 Å². The van der Waals surface area contributed by atoms with Crippen molar-refractivity contribution in [1.82, 2.24) is 0 Å². The fourth-order valence-electron chi connectivity index (χ4n) is 2.42. The van der Waals surface area contributed by atoms with Crippen molar-refractivity contribution in [2.45, 2.75) is 6.92 Å². The Morgan fingerprint density at radius 3 is 2.71 bits per heavy atom. The average Bonchev–Trinajstić information content (AvgIpc) is 2.74. The maximum absolute atomic E-state index is 12.1. The normalized spacial score (nSPS) is 15.0. The number of benzene rings is 2. The molecule has 1 aliphatic rings. The first-order valence-corrected chi connectivity index (χ1v) is 6.59. The molecule has 0 bridgehead atoms. The van der Waals surface area contributed by atoms with Crippen LogP contribution in [-0.4, -0.2) is 18.1 Å². The quantitative estimate of drug-likeness (QED) is 0.831. The Hall–Kier alpha value is -2.75. The number of phenolic OH excluding ortho intramolecular Hbond substituents is 1. The van der Waals surface area contributed by atoms with E-state index in [4.69, 9.17) is 4.74 Å². The standard InChI is InChI=1S/C17H15NO3/c1-10-3-5-12-13(17(20)18-14(12)7-10)8-11-4-6-16(21-2)15(19)9-11/h3-9,19H,1-2H3,(H,18,20)/b13-8-. The highest BCUT2D eigenvalue weighted by atomic mass is 16.5. The van der Waals surface area contributed by atoms with Crippen molar-refractivity contribution in [3.05, 3.63) is 53.1 Å². The van der Waals surface area contributed by atoms with E-state index in [0.29, 0.717) is 11.3 Å². The number of hydrogen-bond donors (Lipinski definition) is 2. The van der Waals surface area contributed by atoms with Gasteiger partial charge in [-0.05, 0) is 42.3 Å². The summed E-state index contributed by atoms with van der Waals surface area (Å²) in [6.45, 7) is 1.98. The number of hydrogen-bond acceptors (Lipinski definition) is 3. The lowest BCUT2D eigenvalue weighted by molar-refractivity contribution is -0.110. The Balaban J connectivity index is 2.04. The molecule has 1 heterocycles. The Kier molecular flexibility index (Phi) is 3.14. The maximum Gasteiger partial charge on any atom is 0.256 e. The van der Waals surface area contributed by atoms with Gasteiger partial charge in [-0.1, -0.05) is 18.2 Å². The van der Waals surface area contributed by atoms with Crippen molar-refractivity contribution in [3.8, 4) is 11.5 Å². The minimum Gasteiger partial charge on any atom is -0.504 e. The smallest absolute Gasteiger partial charge is 0.256 e. The average molecular weight is 281 g/mol. The number of aryl methyl sites for hydroxylation is 1. The van der Waals surface area contributed by atoms with Gasteiger partial charge in [0, 0.05) is 16.8 Å².